The van der Waals surface area contributed by atoms with Crippen LogP contribution in [0.5, 0.6) is 0 Å². The second-order valence-electron chi connectivity index (χ2n) is 16.9. The molecule has 0 aromatic heterocycles. The fourth-order valence-corrected chi connectivity index (χ4v) is 11.3. The first-order valence-corrected chi connectivity index (χ1v) is 19.2. The number of ketones is 1. The van der Waals surface area contributed by atoms with Crippen molar-refractivity contribution >= 4 is 17.7 Å². The molecule has 3 saturated carbocycles. The second-order valence-corrected chi connectivity index (χ2v) is 16.9. The van der Waals surface area contributed by atoms with E-state index < -0.39 is 0 Å². The highest BCUT2D eigenvalue weighted by Gasteiger charge is 2.62. The molecule has 5 nitrogen and oxygen atoms in total. The van der Waals surface area contributed by atoms with Gasteiger partial charge in [0.05, 0.1) is 11.1 Å². The number of benzene rings is 2. The van der Waals surface area contributed by atoms with Gasteiger partial charge in [0.2, 0.25) is 0 Å². The molecule has 0 bridgehead atoms. The number of carbonyl (C=O) groups excluding carboxylic acids is 3. The maximum absolute atomic E-state index is 14.2. The van der Waals surface area contributed by atoms with E-state index in [1.807, 2.05) is 54.6 Å². The van der Waals surface area contributed by atoms with Crippen LogP contribution >= 0.6 is 0 Å². The summed E-state index contributed by atoms with van der Waals surface area (Å²) < 4.78 is 12.5. The Kier molecular flexibility index (Phi) is 10.3. The van der Waals surface area contributed by atoms with Crippen molar-refractivity contribution in [2.75, 3.05) is 0 Å². The van der Waals surface area contributed by atoms with E-state index >= 15 is 0 Å². The predicted octanol–water partition coefficient (Wildman–Crippen LogP) is 10.1. The Morgan fingerprint density at radius 1 is 0.816 bits per heavy atom. The number of ether oxygens (including phenoxy) is 2. The highest BCUT2D eigenvalue weighted by Crippen LogP contribution is 2.67. The van der Waals surface area contributed by atoms with Crippen molar-refractivity contribution in [1.29, 1.82) is 0 Å². The first-order valence-electron chi connectivity index (χ1n) is 19.2. The summed E-state index contributed by atoms with van der Waals surface area (Å²) in [6, 6.07) is 18.6. The summed E-state index contributed by atoms with van der Waals surface area (Å²) in [5, 5.41) is 0. The van der Waals surface area contributed by atoms with Crippen LogP contribution in [-0.4, -0.2) is 29.9 Å². The Hall–Kier alpha value is -3.21. The smallest absolute Gasteiger partial charge is 0.338 e. The van der Waals surface area contributed by atoms with Crippen LogP contribution in [0.2, 0.25) is 0 Å². The Morgan fingerprint density at radius 2 is 1.41 bits per heavy atom. The lowest BCUT2D eigenvalue weighted by molar-refractivity contribution is -0.140. The predicted molar refractivity (Wildman–Crippen MR) is 194 cm³/mol. The fourth-order valence-electron chi connectivity index (χ4n) is 11.3. The summed E-state index contributed by atoms with van der Waals surface area (Å²) in [5.41, 5.74) is 2.46. The van der Waals surface area contributed by atoms with Crippen LogP contribution in [0.25, 0.3) is 0 Å². The van der Waals surface area contributed by atoms with Gasteiger partial charge in [0.25, 0.3) is 0 Å². The zero-order chi connectivity index (χ0) is 35.1. The minimum atomic E-state index is -0.300. The van der Waals surface area contributed by atoms with Gasteiger partial charge in [0, 0.05) is 11.8 Å². The van der Waals surface area contributed by atoms with E-state index in [-0.39, 0.29) is 58.5 Å². The summed E-state index contributed by atoms with van der Waals surface area (Å²) in [4.78, 5) is 40.7. The molecule has 0 spiro atoms. The van der Waals surface area contributed by atoms with Gasteiger partial charge in [-0.3, -0.25) is 4.79 Å². The Bertz CT molecular complexity index is 1530. The van der Waals surface area contributed by atoms with E-state index in [0.717, 1.165) is 51.4 Å². The Balaban J connectivity index is 1.22. The van der Waals surface area contributed by atoms with Crippen molar-refractivity contribution in [2.45, 2.75) is 112 Å². The van der Waals surface area contributed by atoms with E-state index in [1.54, 1.807) is 12.1 Å². The van der Waals surface area contributed by atoms with Crippen LogP contribution in [0, 0.1) is 58.2 Å². The van der Waals surface area contributed by atoms with Crippen LogP contribution in [-0.2, 0) is 14.3 Å². The van der Waals surface area contributed by atoms with Gasteiger partial charge in [-0.2, -0.15) is 0 Å². The maximum Gasteiger partial charge on any atom is 0.338 e. The zero-order valence-corrected chi connectivity index (χ0v) is 30.8. The van der Waals surface area contributed by atoms with Gasteiger partial charge >= 0.3 is 11.9 Å². The minimum absolute atomic E-state index is 0.0334. The number of hydrogen-bond donors (Lipinski definition) is 0. The molecule has 0 N–H and O–H groups in total. The summed E-state index contributed by atoms with van der Waals surface area (Å²) >= 11 is 0. The molecular weight excluding hydrogens is 608 g/mol. The molecular formula is C44H58O5. The lowest BCUT2D eigenvalue weighted by Gasteiger charge is -2.58. The van der Waals surface area contributed by atoms with Crippen molar-refractivity contribution in [1.82, 2.24) is 0 Å². The standard InChI is InChI=1S/C44H58O5/c1-8-30(27(2)3)25-39(49-42(47)32-17-13-10-14-18-32)28(4)34-19-20-35-33-26-37(45)40-29(5)38(48-41(46)31-15-11-9-12-16-31)22-24-44(40,7)36(33)21-23-43(34,35)6/h9-18,26-30,34-36,38-40H,8,19-25H2,1-7H3/t28-,29?,30+,34+,35-,36-,38?,39?,40?,43+,44+/m0/s1. The molecule has 3 fully saturated rings. The van der Waals surface area contributed by atoms with Crippen molar-refractivity contribution in [3.63, 3.8) is 0 Å². The van der Waals surface area contributed by atoms with Crippen LogP contribution in [0.15, 0.2) is 72.3 Å². The third-order valence-electron chi connectivity index (χ3n) is 14.1. The lowest BCUT2D eigenvalue weighted by atomic mass is 9.46. The highest BCUT2D eigenvalue weighted by atomic mass is 16.5. The molecule has 49 heavy (non-hydrogen) atoms. The van der Waals surface area contributed by atoms with Crippen LogP contribution in [0.4, 0.5) is 0 Å². The molecule has 5 heteroatoms. The zero-order valence-electron chi connectivity index (χ0n) is 30.8. The molecule has 4 aliphatic carbocycles. The summed E-state index contributed by atoms with van der Waals surface area (Å²) in [6.07, 6.45) is 9.60. The van der Waals surface area contributed by atoms with Gasteiger partial charge in [-0.15, -0.1) is 0 Å². The van der Waals surface area contributed by atoms with Crippen LogP contribution in [0.3, 0.4) is 0 Å². The molecule has 0 heterocycles. The van der Waals surface area contributed by atoms with Gasteiger partial charge in [-0.1, -0.05) is 96.9 Å². The summed E-state index contributed by atoms with van der Waals surface area (Å²) in [5.74, 6) is 1.87. The van der Waals surface area contributed by atoms with Crippen molar-refractivity contribution in [2.24, 2.45) is 58.2 Å². The largest absolute Gasteiger partial charge is 0.458 e. The highest BCUT2D eigenvalue weighted by molar-refractivity contribution is 5.95. The Labute approximate surface area is 294 Å². The molecule has 2 aromatic carbocycles. The average Bonchev–Trinajstić information content (AvgIpc) is 3.45. The molecule has 0 saturated heterocycles. The number of allylic oxidation sites excluding steroid dienone is 2. The van der Waals surface area contributed by atoms with E-state index in [9.17, 15) is 14.4 Å². The number of esters is 2. The third kappa shape index (κ3) is 6.56. The monoisotopic (exact) mass is 666 g/mol. The third-order valence-corrected chi connectivity index (χ3v) is 14.1. The van der Waals surface area contributed by atoms with E-state index in [1.165, 1.54) is 5.57 Å². The quantitative estimate of drug-likeness (QED) is 0.236. The first-order chi connectivity index (χ1) is 23.4. The maximum atomic E-state index is 14.2. The Morgan fingerprint density at radius 3 is 2.02 bits per heavy atom. The lowest BCUT2D eigenvalue weighted by Crippen LogP contribution is -2.56. The molecule has 0 aliphatic heterocycles. The number of carbonyl (C=O) groups is 3. The fraction of sp³-hybridized carbons (Fsp3) is 0.614. The van der Waals surface area contributed by atoms with Gasteiger partial charge in [0.15, 0.2) is 5.78 Å². The summed E-state index contributed by atoms with van der Waals surface area (Å²) in [6.45, 7) is 16.1. The number of fused-ring (bicyclic) bond motifs is 5. The molecule has 0 radical (unpaired) electrons. The number of hydrogen-bond acceptors (Lipinski definition) is 5. The minimum Gasteiger partial charge on any atom is -0.458 e. The van der Waals surface area contributed by atoms with Gasteiger partial charge in [0.1, 0.15) is 12.2 Å². The van der Waals surface area contributed by atoms with Crippen LogP contribution < -0.4 is 0 Å². The molecule has 4 unspecified atom stereocenters. The first kappa shape index (κ1) is 35.6. The van der Waals surface area contributed by atoms with E-state index in [4.69, 9.17) is 9.47 Å². The van der Waals surface area contributed by atoms with Crippen molar-refractivity contribution in [3.8, 4) is 0 Å². The number of rotatable bonds is 10. The van der Waals surface area contributed by atoms with Crippen molar-refractivity contribution < 1.29 is 23.9 Å². The van der Waals surface area contributed by atoms with E-state index in [0.29, 0.717) is 40.7 Å². The normalized spacial score (nSPS) is 34.1. The van der Waals surface area contributed by atoms with Gasteiger partial charge in [-0.05, 0) is 122 Å². The molecule has 264 valence electrons. The molecule has 11 atom stereocenters. The average molecular weight is 667 g/mol. The van der Waals surface area contributed by atoms with Crippen molar-refractivity contribution in [3.05, 3.63) is 83.4 Å². The molecule has 4 aliphatic rings. The second kappa shape index (κ2) is 14.2. The van der Waals surface area contributed by atoms with Crippen LogP contribution in [0.1, 0.15) is 121 Å². The van der Waals surface area contributed by atoms with Gasteiger partial charge in [-0.25, -0.2) is 9.59 Å². The molecule has 6 rings (SSSR count). The van der Waals surface area contributed by atoms with E-state index in [2.05, 4.69) is 48.5 Å². The molecule has 2 aromatic rings. The SMILES string of the molecule is CC[C@H](CC(OC(=O)c1ccccc1)[C@@H](C)[C@H]1CC[C@H]2C3=CC(=O)C4C(C)C(OC(=O)c5ccccc5)CC[C@]4(C)[C@H]3CC[C@]12C)C(C)C. The summed E-state index contributed by atoms with van der Waals surface area (Å²) in [7, 11) is 0. The van der Waals surface area contributed by atoms with Gasteiger partial charge < -0.3 is 9.47 Å². The molecule has 0 amide bonds. The topological polar surface area (TPSA) is 69.7 Å².